The molecule has 0 bridgehead atoms. The van der Waals surface area contributed by atoms with Gasteiger partial charge in [0.15, 0.2) is 48.5 Å². The number of carboxylic acids is 1. The topological polar surface area (TPSA) is 491 Å². The molecule has 18 N–H and O–H groups in total. The van der Waals surface area contributed by atoms with Gasteiger partial charge in [0, 0.05) is 0 Å². The summed E-state index contributed by atoms with van der Waals surface area (Å²) >= 11 is 0. The number of carbonyl (C=O) groups is 2. The summed E-state index contributed by atoms with van der Waals surface area (Å²) < 4.78 is 59.6. The number of carboxylic acid groups (broad SMARTS) is 1. The van der Waals surface area contributed by atoms with Gasteiger partial charge >= 0.3 is 11.9 Å². The van der Waals surface area contributed by atoms with Gasteiger partial charge in [-0.1, -0.05) is 60.1 Å². The molecule has 32 atom stereocenters. The molecule has 5 heterocycles. The van der Waals surface area contributed by atoms with Crippen LogP contribution in [0, 0.1) is 50.2 Å². The van der Waals surface area contributed by atoms with Crippen LogP contribution in [0.1, 0.15) is 130 Å². The maximum Gasteiger partial charge on any atom is 0.335 e. The molecule has 5 aliphatic carbocycles. The molecule has 5 aliphatic heterocycles. The molecule has 95 heavy (non-hydrogen) atoms. The second-order valence-electron chi connectivity index (χ2n) is 30.4. The number of aliphatic hydroxyl groups excluding tert-OH is 14. The molecule has 30 heteroatoms. The van der Waals surface area contributed by atoms with Crippen molar-refractivity contribution in [1.82, 2.24) is 0 Å². The molecule has 540 valence electrons. The van der Waals surface area contributed by atoms with Crippen molar-refractivity contribution in [2.24, 2.45) is 50.2 Å². The number of aliphatic hydroxyl groups is 14. The fraction of sp³-hybridized carbons (Fsp3) is 0.846. The van der Waals surface area contributed by atoms with Gasteiger partial charge in [-0.15, -0.1) is 0 Å². The summed E-state index contributed by atoms with van der Waals surface area (Å²) in [7, 11) is 0. The molecule has 10 aliphatic rings. The Kier molecular flexibility index (Phi) is 21.4. The number of phenols is 3. The van der Waals surface area contributed by atoms with Gasteiger partial charge in [0.1, 0.15) is 97.0 Å². The highest BCUT2D eigenvalue weighted by Crippen LogP contribution is 2.76. The van der Waals surface area contributed by atoms with Gasteiger partial charge in [0.2, 0.25) is 6.29 Å². The lowest BCUT2D eigenvalue weighted by Crippen LogP contribution is -2.68. The second kappa shape index (κ2) is 27.4. The Labute approximate surface area is 549 Å². The molecule has 5 saturated heterocycles. The Morgan fingerprint density at radius 3 is 1.67 bits per heavy atom. The lowest BCUT2D eigenvalue weighted by molar-refractivity contribution is -0.374. The molecule has 1 aromatic carbocycles. The van der Waals surface area contributed by atoms with Crippen LogP contribution in [0.15, 0.2) is 23.8 Å². The fourth-order valence-electron chi connectivity index (χ4n) is 18.2. The van der Waals surface area contributed by atoms with Crippen LogP contribution in [-0.2, 0) is 52.2 Å². The summed E-state index contributed by atoms with van der Waals surface area (Å²) in [5.41, 5.74) is -2.57. The van der Waals surface area contributed by atoms with Crippen LogP contribution in [0.4, 0.5) is 0 Å². The van der Waals surface area contributed by atoms with Gasteiger partial charge in [-0.2, -0.15) is 0 Å². The predicted molar refractivity (Wildman–Crippen MR) is 320 cm³/mol. The standard InChI is InChI=1S/C58H94O25.C7H6O5/c1-23-44(80-47-40(69)34(63)27(60)21-74-47)38(67)42(71)48(76-23)79-33-13-14-55(7)30(54(33,5)6)12-15-56(8)31(55)11-10-25-26-18-53(3,4)16-17-58(26,32(62)19-57(25,56)9)52(73)83-51-46(35(64)28(61)22-75-51)82-49-43(72)39(68)45(24(2)77-49)81-50-41(70)37(66)36(65)29(20-59)78-50;8-4-1-3(7(11)12)2-5(9)6(4)10/h10,23-24,26-51,59-72H,11-22H2,1-9H3;1-2,8-10H,(H,11,12). The number of aromatic carboxylic acids is 1. The van der Waals surface area contributed by atoms with Crippen LogP contribution in [-0.4, -0.2) is 277 Å². The number of allylic oxidation sites excluding steroid dienone is 2. The van der Waals surface area contributed by atoms with Crippen molar-refractivity contribution in [1.29, 1.82) is 0 Å². The number of esters is 1. The van der Waals surface area contributed by atoms with E-state index in [1.54, 1.807) is 6.92 Å². The molecule has 30 nitrogen and oxygen atoms in total. The summed E-state index contributed by atoms with van der Waals surface area (Å²) in [4.78, 5) is 25.7. The number of ether oxygens (including phenoxy) is 10. The van der Waals surface area contributed by atoms with Crippen LogP contribution < -0.4 is 0 Å². The van der Waals surface area contributed by atoms with Crippen molar-refractivity contribution in [2.75, 3.05) is 19.8 Å². The average Bonchev–Trinajstić information content (AvgIpc) is 0.672. The predicted octanol–water partition coefficient (Wildman–Crippen LogP) is -1.41. The lowest BCUT2D eigenvalue weighted by atomic mass is 9.33. The van der Waals surface area contributed by atoms with Crippen molar-refractivity contribution in [2.45, 2.75) is 274 Å². The maximum absolute atomic E-state index is 15.4. The van der Waals surface area contributed by atoms with Crippen LogP contribution in [0.5, 0.6) is 17.2 Å². The zero-order valence-electron chi connectivity index (χ0n) is 54.8. The van der Waals surface area contributed by atoms with E-state index in [2.05, 4.69) is 54.5 Å². The van der Waals surface area contributed by atoms with Gasteiger partial charge in [-0.3, -0.25) is 4.79 Å². The zero-order valence-corrected chi connectivity index (χ0v) is 54.8. The van der Waals surface area contributed by atoms with Crippen LogP contribution in [0.3, 0.4) is 0 Å². The summed E-state index contributed by atoms with van der Waals surface area (Å²) in [5, 5.41) is 187. The molecule has 11 rings (SSSR count). The molecule has 0 spiro atoms. The number of carbonyl (C=O) groups excluding carboxylic acids is 1. The monoisotopic (exact) mass is 1360 g/mol. The van der Waals surface area contributed by atoms with Crippen LogP contribution in [0.25, 0.3) is 0 Å². The number of aromatic hydroxyl groups is 3. The molecule has 1 aromatic rings. The van der Waals surface area contributed by atoms with Gasteiger partial charge in [-0.05, 0) is 129 Å². The van der Waals surface area contributed by atoms with Crippen molar-refractivity contribution in [3.8, 4) is 17.2 Å². The fourth-order valence-corrected chi connectivity index (χ4v) is 18.2. The Morgan fingerprint density at radius 2 is 1.08 bits per heavy atom. The van der Waals surface area contributed by atoms with E-state index < -0.39 is 218 Å². The first kappa shape index (κ1) is 74.1. The van der Waals surface area contributed by atoms with E-state index in [9.17, 15) is 76.3 Å². The van der Waals surface area contributed by atoms with Crippen molar-refractivity contribution < 1.29 is 149 Å². The summed E-state index contributed by atoms with van der Waals surface area (Å²) in [6, 6.07) is 1.69. The minimum Gasteiger partial charge on any atom is -0.504 e. The number of benzene rings is 1. The van der Waals surface area contributed by atoms with E-state index in [0.29, 0.717) is 25.7 Å². The molecule has 0 amide bonds. The quantitative estimate of drug-likeness (QED) is 0.0495. The SMILES string of the molecule is CC1OC(OC2CCC3(C)C(CCC4(C)C3CC=C3C5CC(C)(C)CCC5(C(=O)OC5OCC(O)C(O)C5OC5OC(C)C(OC6OC(CO)C(O)C(O)C6O)C(O)C5O)C(O)CC34C)C2(C)C)C(O)C(O)C1OC1OCC(O)C(O)C1O.O=C(O)c1cc(O)c(O)c(O)c1. The zero-order chi connectivity index (χ0) is 69.9. The van der Waals surface area contributed by atoms with Crippen molar-refractivity contribution in [3.63, 3.8) is 0 Å². The number of fused-ring (bicyclic) bond motifs is 7. The third kappa shape index (κ3) is 13.0. The summed E-state index contributed by atoms with van der Waals surface area (Å²) in [5.74, 6) is -4.33. The molecule has 0 radical (unpaired) electrons. The smallest absolute Gasteiger partial charge is 0.335 e. The molecular formula is C65H100O30. The van der Waals surface area contributed by atoms with E-state index in [4.69, 9.17) is 67.8 Å². The Bertz CT molecular complexity index is 2890. The molecule has 4 saturated carbocycles. The molecule has 0 aromatic heterocycles. The largest absolute Gasteiger partial charge is 0.504 e. The number of rotatable bonds is 12. The van der Waals surface area contributed by atoms with Crippen molar-refractivity contribution in [3.05, 3.63) is 29.3 Å². The van der Waals surface area contributed by atoms with E-state index >= 15 is 4.79 Å². The number of phenolic OH excluding ortho intramolecular Hbond substituents is 3. The van der Waals surface area contributed by atoms with Crippen molar-refractivity contribution >= 4 is 11.9 Å². The third-order valence-electron chi connectivity index (χ3n) is 24.0. The Balaban J connectivity index is 0.000000739. The van der Waals surface area contributed by atoms with Gasteiger partial charge < -0.3 is 139 Å². The minimum absolute atomic E-state index is 0.129. The first-order valence-corrected chi connectivity index (χ1v) is 33.0. The van der Waals surface area contributed by atoms with Gasteiger partial charge in [-0.25, -0.2) is 4.79 Å². The average molecular weight is 1360 g/mol. The van der Waals surface area contributed by atoms with E-state index in [0.717, 1.165) is 37.0 Å². The van der Waals surface area contributed by atoms with Crippen LogP contribution >= 0.6 is 0 Å². The molecule has 32 unspecified atom stereocenters. The minimum atomic E-state index is -1.93. The normalized spacial score (nSPS) is 49.4. The number of hydrogen-bond acceptors (Lipinski definition) is 29. The Hall–Kier alpha value is -3.62. The third-order valence-corrected chi connectivity index (χ3v) is 24.0. The summed E-state index contributed by atoms with van der Waals surface area (Å²) in [6.45, 7) is 17.2. The highest BCUT2D eigenvalue weighted by Gasteiger charge is 2.72. The highest BCUT2D eigenvalue weighted by atomic mass is 16.8. The van der Waals surface area contributed by atoms with Gasteiger partial charge in [0.05, 0.1) is 49.8 Å². The highest BCUT2D eigenvalue weighted by molar-refractivity contribution is 5.89. The first-order valence-electron chi connectivity index (χ1n) is 33.0. The number of hydrogen-bond donors (Lipinski definition) is 18. The molecule has 9 fully saturated rings. The first-order chi connectivity index (χ1) is 44.3. The molecular weight excluding hydrogens is 1260 g/mol. The summed E-state index contributed by atoms with van der Waals surface area (Å²) in [6.07, 6.45) is -29.2. The van der Waals surface area contributed by atoms with E-state index in [1.165, 1.54) is 6.92 Å². The van der Waals surface area contributed by atoms with E-state index in [-0.39, 0.29) is 53.1 Å². The lowest BCUT2D eigenvalue weighted by Gasteiger charge is -2.71. The maximum atomic E-state index is 15.4. The second-order valence-corrected chi connectivity index (χ2v) is 30.4. The van der Waals surface area contributed by atoms with Gasteiger partial charge in [0.25, 0.3) is 0 Å². The Morgan fingerprint density at radius 1 is 0.558 bits per heavy atom. The van der Waals surface area contributed by atoms with Crippen LogP contribution in [0.2, 0.25) is 0 Å². The van der Waals surface area contributed by atoms with E-state index in [1.807, 2.05) is 0 Å².